The van der Waals surface area contributed by atoms with Crippen LogP contribution < -0.4 is 0 Å². The fraction of sp³-hybridized carbons (Fsp3) is 0.938. The van der Waals surface area contributed by atoms with E-state index < -0.39 is 8.32 Å². The molecule has 3 unspecified atom stereocenters. The first-order valence-electron chi connectivity index (χ1n) is 7.89. The third-order valence-electron chi connectivity index (χ3n) is 5.80. The van der Waals surface area contributed by atoms with Crippen LogP contribution in [0.5, 0.6) is 0 Å². The summed E-state index contributed by atoms with van der Waals surface area (Å²) in [6.07, 6.45) is 5.67. The molecule has 2 rings (SSSR count). The summed E-state index contributed by atoms with van der Waals surface area (Å²) in [5.74, 6) is 2.37. The second-order valence-corrected chi connectivity index (χ2v) is 12.8. The minimum Gasteiger partial charge on any atom is -0.417 e. The van der Waals surface area contributed by atoms with Gasteiger partial charge in [-0.15, -0.1) is 0 Å². The molecule has 0 saturated heterocycles. The quantitative estimate of drug-likeness (QED) is 0.552. The highest BCUT2D eigenvalue weighted by Gasteiger charge is 2.46. The smallest absolute Gasteiger partial charge is 0.191 e. The summed E-state index contributed by atoms with van der Waals surface area (Å²) in [6.45, 7) is 12.4. The molecule has 0 spiro atoms. The van der Waals surface area contributed by atoms with Gasteiger partial charge in [-0.1, -0.05) is 20.8 Å². The van der Waals surface area contributed by atoms with Crippen molar-refractivity contribution >= 4 is 14.1 Å². The third kappa shape index (κ3) is 3.13. The lowest BCUT2D eigenvalue weighted by molar-refractivity contribution is -0.122. The summed E-state index contributed by atoms with van der Waals surface area (Å²) < 4.78 is 6.23. The molecular weight excluding hydrogens is 252 g/mol. The van der Waals surface area contributed by atoms with Crippen LogP contribution in [-0.4, -0.2) is 20.7 Å². The maximum absolute atomic E-state index is 11.7. The lowest BCUT2D eigenvalue weighted by Gasteiger charge is -2.36. The number of rotatable bonds is 5. The van der Waals surface area contributed by atoms with Crippen molar-refractivity contribution in [3.8, 4) is 0 Å². The third-order valence-corrected chi connectivity index (χ3v) is 10.3. The first-order chi connectivity index (χ1) is 8.72. The molecule has 0 aliphatic heterocycles. The molecule has 2 bridgehead atoms. The average molecular weight is 282 g/mol. The molecule has 0 aromatic rings. The largest absolute Gasteiger partial charge is 0.417 e. The normalized spacial score (nSPS) is 31.2. The van der Waals surface area contributed by atoms with Crippen LogP contribution >= 0.6 is 0 Å². The second kappa shape index (κ2) is 5.32. The minimum atomic E-state index is -1.58. The molecule has 0 amide bonds. The summed E-state index contributed by atoms with van der Waals surface area (Å²) in [6, 6.07) is 0. The van der Waals surface area contributed by atoms with Gasteiger partial charge in [-0.2, -0.15) is 0 Å². The van der Waals surface area contributed by atoms with E-state index in [0.29, 0.717) is 28.6 Å². The molecule has 0 aromatic carbocycles. The van der Waals surface area contributed by atoms with E-state index in [4.69, 9.17) is 4.43 Å². The lowest BCUT2D eigenvalue weighted by atomic mass is 9.93. The van der Waals surface area contributed by atoms with Crippen molar-refractivity contribution in [3.63, 3.8) is 0 Å². The highest BCUT2D eigenvalue weighted by Crippen LogP contribution is 2.49. The lowest BCUT2D eigenvalue weighted by Crippen LogP contribution is -2.41. The van der Waals surface area contributed by atoms with Crippen LogP contribution in [0.3, 0.4) is 0 Å². The van der Waals surface area contributed by atoms with Crippen LogP contribution in [0.25, 0.3) is 0 Å². The van der Waals surface area contributed by atoms with Gasteiger partial charge in [-0.3, -0.25) is 4.79 Å². The predicted octanol–water partition coefficient (Wildman–Crippen LogP) is 4.40. The average Bonchev–Trinajstić information content (AvgIpc) is 2.78. The van der Waals surface area contributed by atoms with Crippen molar-refractivity contribution in [2.24, 2.45) is 17.8 Å². The van der Waals surface area contributed by atoms with Gasteiger partial charge in [0.2, 0.25) is 0 Å². The van der Waals surface area contributed by atoms with E-state index in [9.17, 15) is 4.79 Å². The number of Topliss-reactive ketones (excluding diaryl/α,β-unsaturated/α-hetero) is 1. The van der Waals surface area contributed by atoms with Gasteiger partial charge in [0.05, 0.1) is 0 Å². The zero-order chi connectivity index (χ0) is 14.3. The van der Waals surface area contributed by atoms with Gasteiger partial charge in [0.25, 0.3) is 0 Å². The van der Waals surface area contributed by atoms with E-state index in [-0.39, 0.29) is 0 Å². The number of ketones is 1. The molecule has 2 saturated carbocycles. The van der Waals surface area contributed by atoms with Gasteiger partial charge in [-0.25, -0.2) is 0 Å². The van der Waals surface area contributed by atoms with Crippen LogP contribution in [0, 0.1) is 17.8 Å². The van der Waals surface area contributed by atoms with Gasteiger partial charge in [-0.05, 0) is 55.7 Å². The van der Waals surface area contributed by atoms with Gasteiger partial charge < -0.3 is 4.43 Å². The first kappa shape index (κ1) is 15.2. The Kier molecular flexibility index (Phi) is 4.27. The van der Waals surface area contributed by atoms with Crippen molar-refractivity contribution in [2.45, 2.75) is 71.0 Å². The Hall–Kier alpha value is -0.153. The maximum atomic E-state index is 11.7. The predicted molar refractivity (Wildman–Crippen MR) is 81.7 cm³/mol. The Morgan fingerprint density at radius 3 is 2.42 bits per heavy atom. The maximum Gasteiger partial charge on any atom is 0.191 e. The molecule has 2 aliphatic carbocycles. The minimum absolute atomic E-state index is 0.301. The van der Waals surface area contributed by atoms with Crippen LogP contribution in [0.15, 0.2) is 0 Å². The van der Waals surface area contributed by atoms with E-state index in [0.717, 1.165) is 25.9 Å². The van der Waals surface area contributed by atoms with Crippen molar-refractivity contribution in [1.29, 1.82) is 0 Å². The summed E-state index contributed by atoms with van der Waals surface area (Å²) in [5.41, 5.74) is 0. The molecule has 0 aromatic heterocycles. The molecule has 2 aliphatic rings. The SMILES string of the molecule is CC(C)(C)[Si](C)(C)OCCCC1C2CCC1C(=O)C2. The van der Waals surface area contributed by atoms with E-state index in [2.05, 4.69) is 33.9 Å². The highest BCUT2D eigenvalue weighted by atomic mass is 28.4. The standard InChI is InChI=1S/C16H30O2Si/c1-16(2,3)19(4,5)18-10-6-7-13-12-8-9-14(13)15(17)11-12/h12-14H,6-11H2,1-5H3. The van der Waals surface area contributed by atoms with Crippen LogP contribution in [-0.2, 0) is 9.22 Å². The molecule has 0 heterocycles. The van der Waals surface area contributed by atoms with Gasteiger partial charge in [0.15, 0.2) is 8.32 Å². The summed E-state index contributed by atoms with van der Waals surface area (Å²) in [5, 5.41) is 0.301. The van der Waals surface area contributed by atoms with E-state index in [1.807, 2.05) is 0 Å². The fourth-order valence-electron chi connectivity index (χ4n) is 3.51. The Balaban J connectivity index is 1.72. The molecule has 110 valence electrons. The van der Waals surface area contributed by atoms with Crippen LogP contribution in [0.1, 0.15) is 52.9 Å². The van der Waals surface area contributed by atoms with E-state index in [1.54, 1.807) is 0 Å². The first-order valence-corrected chi connectivity index (χ1v) is 10.8. The van der Waals surface area contributed by atoms with Crippen LogP contribution in [0.2, 0.25) is 18.1 Å². The zero-order valence-corrected chi connectivity index (χ0v) is 14.3. The van der Waals surface area contributed by atoms with Gasteiger partial charge >= 0.3 is 0 Å². The molecule has 2 fully saturated rings. The Labute approximate surface area is 119 Å². The summed E-state index contributed by atoms with van der Waals surface area (Å²) >= 11 is 0. The molecule has 3 heteroatoms. The van der Waals surface area contributed by atoms with Gasteiger partial charge in [0.1, 0.15) is 5.78 Å². The second-order valence-electron chi connectivity index (χ2n) is 8.03. The summed E-state index contributed by atoms with van der Waals surface area (Å²) in [7, 11) is -1.58. The van der Waals surface area contributed by atoms with Crippen molar-refractivity contribution < 1.29 is 9.22 Å². The molecule has 3 atom stereocenters. The van der Waals surface area contributed by atoms with Crippen molar-refractivity contribution in [3.05, 3.63) is 0 Å². The Bertz CT molecular complexity index is 343. The Morgan fingerprint density at radius 1 is 1.26 bits per heavy atom. The number of hydrogen-bond donors (Lipinski definition) is 0. The molecule has 0 radical (unpaired) electrons. The number of fused-ring (bicyclic) bond motifs is 2. The Morgan fingerprint density at radius 2 is 1.95 bits per heavy atom. The van der Waals surface area contributed by atoms with Gasteiger partial charge in [0, 0.05) is 18.9 Å². The topological polar surface area (TPSA) is 26.3 Å². The van der Waals surface area contributed by atoms with E-state index >= 15 is 0 Å². The number of carbonyl (C=O) groups is 1. The molecular formula is C16H30O2Si. The molecule has 19 heavy (non-hydrogen) atoms. The number of hydrogen-bond acceptors (Lipinski definition) is 2. The van der Waals surface area contributed by atoms with Crippen molar-refractivity contribution in [2.75, 3.05) is 6.61 Å². The number of carbonyl (C=O) groups excluding carboxylic acids is 1. The van der Waals surface area contributed by atoms with Crippen LogP contribution in [0.4, 0.5) is 0 Å². The van der Waals surface area contributed by atoms with E-state index in [1.165, 1.54) is 12.8 Å². The summed E-state index contributed by atoms with van der Waals surface area (Å²) in [4.78, 5) is 11.7. The monoisotopic (exact) mass is 282 g/mol. The fourth-order valence-corrected chi connectivity index (χ4v) is 4.60. The zero-order valence-electron chi connectivity index (χ0n) is 13.3. The molecule has 0 N–H and O–H groups in total. The molecule has 2 nitrogen and oxygen atoms in total. The van der Waals surface area contributed by atoms with Crippen molar-refractivity contribution in [1.82, 2.24) is 0 Å². The highest BCUT2D eigenvalue weighted by molar-refractivity contribution is 6.74.